The van der Waals surface area contributed by atoms with Gasteiger partial charge in [-0.1, -0.05) is 42.5 Å². The molecule has 0 saturated carbocycles. The lowest BCUT2D eigenvalue weighted by atomic mass is 10.1. The Morgan fingerprint density at radius 3 is 2.73 bits per heavy atom. The summed E-state index contributed by atoms with van der Waals surface area (Å²) < 4.78 is 25.8. The molecule has 0 radical (unpaired) electrons. The van der Waals surface area contributed by atoms with Gasteiger partial charge >= 0.3 is 6.09 Å². The first-order valence-corrected chi connectivity index (χ1v) is 11.3. The van der Waals surface area contributed by atoms with Gasteiger partial charge in [-0.05, 0) is 48.7 Å². The Morgan fingerprint density at radius 2 is 2.00 bits per heavy atom. The van der Waals surface area contributed by atoms with Crippen molar-refractivity contribution in [2.24, 2.45) is 5.73 Å². The van der Waals surface area contributed by atoms with Crippen LogP contribution >= 0.6 is 11.8 Å². The largest absolute Gasteiger partial charge is 0.482 e. The number of halogens is 1. The molecule has 4 rings (SSSR count). The summed E-state index contributed by atoms with van der Waals surface area (Å²) in [6, 6.07) is 19.7. The fourth-order valence-electron chi connectivity index (χ4n) is 3.56. The Morgan fingerprint density at radius 1 is 1.21 bits per heavy atom. The first-order valence-electron chi connectivity index (χ1n) is 10.4. The zero-order valence-corrected chi connectivity index (χ0v) is 18.8. The monoisotopic (exact) mass is 465 g/mol. The maximum absolute atomic E-state index is 14.1. The Balaban J connectivity index is 1.49. The number of amidine groups is 1. The van der Waals surface area contributed by atoms with E-state index in [1.54, 1.807) is 24.8 Å². The molecule has 170 valence electrons. The molecule has 2 unspecified atom stereocenters. The van der Waals surface area contributed by atoms with Gasteiger partial charge in [0.2, 0.25) is 0 Å². The Labute approximate surface area is 195 Å². The quantitative estimate of drug-likeness (QED) is 0.318. The minimum absolute atomic E-state index is 0.0518. The number of nitrogens with one attached hydrogen (secondary N) is 2. The third-order valence-electron chi connectivity index (χ3n) is 5.26. The van der Waals surface area contributed by atoms with Crippen molar-refractivity contribution in [2.75, 3.05) is 11.9 Å². The van der Waals surface area contributed by atoms with Crippen molar-refractivity contribution in [3.05, 3.63) is 89.2 Å². The number of ether oxygens (including phenoxy) is 2. The lowest BCUT2D eigenvalue weighted by Crippen LogP contribution is -2.24. The number of thioether (sulfide) groups is 1. The molecule has 1 aliphatic heterocycles. The van der Waals surface area contributed by atoms with E-state index in [4.69, 9.17) is 20.6 Å². The summed E-state index contributed by atoms with van der Waals surface area (Å²) in [5.41, 5.74) is 8.33. The van der Waals surface area contributed by atoms with Crippen molar-refractivity contribution in [1.82, 2.24) is 0 Å². The highest BCUT2D eigenvalue weighted by molar-refractivity contribution is 8.01. The van der Waals surface area contributed by atoms with Crippen LogP contribution in [-0.2, 0) is 11.2 Å². The molecule has 33 heavy (non-hydrogen) atoms. The van der Waals surface area contributed by atoms with E-state index in [0.717, 1.165) is 21.6 Å². The molecule has 3 aromatic rings. The van der Waals surface area contributed by atoms with E-state index < -0.39 is 18.0 Å². The van der Waals surface area contributed by atoms with Gasteiger partial charge in [-0.25, -0.2) is 9.18 Å². The van der Waals surface area contributed by atoms with Crippen LogP contribution in [0, 0.1) is 18.2 Å². The van der Waals surface area contributed by atoms with E-state index >= 15 is 0 Å². The number of amides is 1. The molecule has 0 bridgehead atoms. The van der Waals surface area contributed by atoms with E-state index in [1.165, 1.54) is 12.1 Å². The molecule has 0 spiro atoms. The molecule has 3 aromatic carbocycles. The lowest BCUT2D eigenvalue weighted by Gasteiger charge is -2.21. The van der Waals surface area contributed by atoms with Crippen LogP contribution in [0.3, 0.4) is 0 Å². The minimum atomic E-state index is -0.771. The highest BCUT2D eigenvalue weighted by atomic mass is 32.2. The Hall–Kier alpha value is -3.52. The number of nitrogens with two attached hydrogens (primary N) is 1. The average molecular weight is 466 g/mol. The minimum Gasteiger partial charge on any atom is -0.482 e. The lowest BCUT2D eigenvalue weighted by molar-refractivity contribution is 0.0893. The van der Waals surface area contributed by atoms with Crippen LogP contribution in [0.15, 0.2) is 71.6 Å². The average Bonchev–Trinajstić information content (AvgIpc) is 3.25. The maximum atomic E-state index is 14.1. The normalized spacial score (nSPS) is 15.4. The molecule has 6 nitrogen and oxygen atoms in total. The number of hydrogen-bond acceptors (Lipinski definition) is 5. The van der Waals surface area contributed by atoms with Crippen LogP contribution in [0.5, 0.6) is 5.75 Å². The molecule has 4 N–H and O–H groups in total. The third kappa shape index (κ3) is 5.46. The van der Waals surface area contributed by atoms with E-state index in [1.807, 2.05) is 48.5 Å². The zero-order valence-electron chi connectivity index (χ0n) is 18.0. The SMILES string of the molecule is Cc1ccc(NC(=O)OCC(Oc2cccc3c2CC(C(=N)N)S3)c2ccccc2)c(F)c1. The van der Waals surface area contributed by atoms with Gasteiger partial charge in [0, 0.05) is 10.5 Å². The smallest absolute Gasteiger partial charge is 0.411 e. The molecule has 2 atom stereocenters. The highest BCUT2D eigenvalue weighted by Crippen LogP contribution is 2.42. The topological polar surface area (TPSA) is 97.4 Å². The summed E-state index contributed by atoms with van der Waals surface area (Å²) in [6.07, 6.45) is -0.749. The first kappa shape index (κ1) is 22.7. The second-order valence-electron chi connectivity index (χ2n) is 7.72. The summed E-state index contributed by atoms with van der Waals surface area (Å²) in [5, 5.41) is 10.1. The van der Waals surface area contributed by atoms with Crippen LogP contribution in [0.25, 0.3) is 0 Å². The number of aryl methyl sites for hydroxylation is 1. The number of carbonyl (C=O) groups excluding carboxylic acids is 1. The van der Waals surface area contributed by atoms with Crippen molar-refractivity contribution >= 4 is 29.4 Å². The summed E-state index contributed by atoms with van der Waals surface area (Å²) in [6.45, 7) is 1.70. The number of benzene rings is 3. The summed E-state index contributed by atoms with van der Waals surface area (Å²) in [5.74, 6) is 0.261. The van der Waals surface area contributed by atoms with Gasteiger partial charge in [0.15, 0.2) is 6.10 Å². The van der Waals surface area contributed by atoms with Crippen LogP contribution in [0.1, 0.15) is 22.8 Å². The van der Waals surface area contributed by atoms with Crippen molar-refractivity contribution in [1.29, 1.82) is 5.41 Å². The number of rotatable bonds is 7. The number of carbonyl (C=O) groups is 1. The fourth-order valence-corrected chi connectivity index (χ4v) is 4.73. The van der Waals surface area contributed by atoms with Crippen molar-refractivity contribution < 1.29 is 18.7 Å². The molecule has 0 saturated heterocycles. The highest BCUT2D eigenvalue weighted by Gasteiger charge is 2.28. The van der Waals surface area contributed by atoms with E-state index in [0.29, 0.717) is 12.2 Å². The summed E-state index contributed by atoms with van der Waals surface area (Å²) in [7, 11) is 0. The predicted octanol–water partition coefficient (Wildman–Crippen LogP) is 5.46. The van der Waals surface area contributed by atoms with Gasteiger partial charge in [-0.15, -0.1) is 11.8 Å². The van der Waals surface area contributed by atoms with Crippen LogP contribution in [0.4, 0.5) is 14.9 Å². The number of anilines is 1. The van der Waals surface area contributed by atoms with Crippen LogP contribution in [-0.4, -0.2) is 23.8 Å². The molecule has 0 aliphatic carbocycles. The fraction of sp³-hybridized carbons (Fsp3) is 0.200. The molecule has 0 aromatic heterocycles. The maximum Gasteiger partial charge on any atom is 0.411 e. The Kier molecular flexibility index (Phi) is 6.84. The first-order chi connectivity index (χ1) is 15.9. The molecule has 1 amide bonds. The zero-order chi connectivity index (χ0) is 23.4. The molecule has 1 heterocycles. The van der Waals surface area contributed by atoms with E-state index in [9.17, 15) is 9.18 Å². The standard InChI is InChI=1S/C25H24FN3O3S/c1-15-10-11-19(18(26)12-15)29-25(30)31-14-21(16-6-3-2-4-7-16)32-20-8-5-9-22-17(20)13-23(33-22)24(27)28/h2-12,21,23H,13-14H2,1H3,(H3,27,28)(H,29,30). The van der Waals surface area contributed by atoms with Crippen molar-refractivity contribution in [2.45, 2.75) is 29.6 Å². The van der Waals surface area contributed by atoms with Gasteiger partial charge < -0.3 is 15.2 Å². The van der Waals surface area contributed by atoms with Crippen molar-refractivity contribution in [3.63, 3.8) is 0 Å². The number of hydrogen-bond donors (Lipinski definition) is 3. The van der Waals surface area contributed by atoms with E-state index in [2.05, 4.69) is 5.32 Å². The van der Waals surface area contributed by atoms with Gasteiger partial charge in [0.25, 0.3) is 0 Å². The molecule has 1 aliphatic rings. The molecule has 8 heteroatoms. The summed E-state index contributed by atoms with van der Waals surface area (Å²) in [4.78, 5) is 13.4. The van der Waals surface area contributed by atoms with Gasteiger partial charge in [0.1, 0.15) is 24.0 Å². The van der Waals surface area contributed by atoms with Gasteiger partial charge in [-0.2, -0.15) is 0 Å². The van der Waals surface area contributed by atoms with Crippen LogP contribution < -0.4 is 15.8 Å². The second kappa shape index (κ2) is 9.95. The molecular weight excluding hydrogens is 441 g/mol. The summed E-state index contributed by atoms with van der Waals surface area (Å²) >= 11 is 1.54. The third-order valence-corrected chi connectivity index (χ3v) is 6.60. The van der Waals surface area contributed by atoms with Gasteiger partial charge in [0.05, 0.1) is 10.9 Å². The Bertz CT molecular complexity index is 1170. The van der Waals surface area contributed by atoms with Gasteiger partial charge in [-0.3, -0.25) is 10.7 Å². The van der Waals surface area contributed by atoms with Crippen molar-refractivity contribution in [3.8, 4) is 5.75 Å². The predicted molar refractivity (Wildman–Crippen MR) is 128 cm³/mol. The second-order valence-corrected chi connectivity index (χ2v) is 8.97. The van der Waals surface area contributed by atoms with E-state index in [-0.39, 0.29) is 23.4 Å². The van der Waals surface area contributed by atoms with Crippen LogP contribution in [0.2, 0.25) is 0 Å². The number of fused-ring (bicyclic) bond motifs is 1. The molecule has 0 fully saturated rings. The molecular formula is C25H24FN3O3S.